The molecule has 3 N–H and O–H groups in total. The van der Waals surface area contributed by atoms with E-state index in [1.54, 1.807) is 55.6 Å². The molecule has 45 heavy (non-hydrogen) atoms. The molecule has 1 unspecified atom stereocenters. The number of hydrogen-bond donors (Lipinski definition) is 3. The summed E-state index contributed by atoms with van der Waals surface area (Å²) >= 11 is 4.79. The topological polar surface area (TPSA) is 150 Å². The van der Waals surface area contributed by atoms with Gasteiger partial charge in [-0.3, -0.25) is 19.5 Å². The van der Waals surface area contributed by atoms with Crippen LogP contribution in [0.3, 0.4) is 0 Å². The van der Waals surface area contributed by atoms with Crippen molar-refractivity contribution in [1.82, 2.24) is 24.8 Å². The molecule has 0 aliphatic carbocycles. The Morgan fingerprint density at radius 2 is 1.71 bits per heavy atom. The lowest BCUT2D eigenvalue weighted by molar-refractivity contribution is -0.114. The summed E-state index contributed by atoms with van der Waals surface area (Å²) in [7, 11) is 1.60. The van der Waals surface area contributed by atoms with Crippen molar-refractivity contribution in [3.05, 3.63) is 95.1 Å². The molecule has 11 nitrogen and oxygen atoms in total. The number of rotatable bonds is 8. The quantitative estimate of drug-likeness (QED) is 0.238. The first-order valence-corrected chi connectivity index (χ1v) is 14.5. The van der Waals surface area contributed by atoms with Crippen molar-refractivity contribution in [3.63, 3.8) is 0 Å². The van der Waals surface area contributed by atoms with Gasteiger partial charge in [0.2, 0.25) is 5.91 Å². The van der Waals surface area contributed by atoms with Crippen LogP contribution in [-0.4, -0.2) is 69.9 Å². The van der Waals surface area contributed by atoms with Crippen molar-refractivity contribution in [2.75, 3.05) is 44.3 Å². The molecular formula is C32H33ClN8O3S. The third-order valence-corrected chi connectivity index (χ3v) is 7.78. The van der Waals surface area contributed by atoms with Gasteiger partial charge in [-0.2, -0.15) is 17.9 Å². The third kappa shape index (κ3) is 7.88. The van der Waals surface area contributed by atoms with Gasteiger partial charge in [0.15, 0.2) is 0 Å². The number of ether oxygens (including phenoxy) is 1. The van der Waals surface area contributed by atoms with Gasteiger partial charge in [-0.05, 0) is 48.5 Å². The van der Waals surface area contributed by atoms with Gasteiger partial charge in [0.1, 0.15) is 34.3 Å². The predicted octanol–water partition coefficient (Wildman–Crippen LogP) is 4.36. The molecule has 232 valence electrons. The number of amides is 2. The van der Waals surface area contributed by atoms with E-state index in [0.29, 0.717) is 59.4 Å². The Hall–Kier alpha value is -4.70. The van der Waals surface area contributed by atoms with Crippen molar-refractivity contribution in [3.8, 4) is 23.1 Å². The number of halogens is 1. The molecule has 2 aromatic heterocycles. The van der Waals surface area contributed by atoms with E-state index in [9.17, 15) is 14.9 Å². The number of methoxy groups -OCH3 is 1. The molecule has 1 aliphatic rings. The molecule has 1 aliphatic heterocycles. The molecule has 0 spiro atoms. The van der Waals surface area contributed by atoms with Gasteiger partial charge in [0.05, 0.1) is 24.2 Å². The van der Waals surface area contributed by atoms with E-state index in [-0.39, 0.29) is 35.6 Å². The number of anilines is 2. The number of benzene rings is 2. The Labute approximate surface area is 273 Å². The maximum Gasteiger partial charge on any atom is 0.253 e. The molecule has 1 saturated heterocycles. The SMILES string of the molecule is COc1ccc(C(=O)N2CCN(Cc3cccc(C(S)c4nc(N)c(C#N)c(-c5ccc(NC(C)=O)cc5)n4)n3)CC2)cc1.Cl. The minimum atomic E-state index is -0.596. The van der Waals surface area contributed by atoms with Gasteiger partial charge in [0.25, 0.3) is 5.91 Å². The third-order valence-electron chi connectivity index (χ3n) is 7.28. The fourth-order valence-corrected chi connectivity index (χ4v) is 5.24. The highest BCUT2D eigenvalue weighted by Crippen LogP contribution is 2.31. The van der Waals surface area contributed by atoms with E-state index < -0.39 is 5.25 Å². The van der Waals surface area contributed by atoms with Crippen molar-refractivity contribution in [2.24, 2.45) is 0 Å². The number of hydrogen-bond acceptors (Lipinski definition) is 10. The second kappa shape index (κ2) is 14.9. The van der Waals surface area contributed by atoms with Crippen LogP contribution in [0.2, 0.25) is 0 Å². The Balaban J connectivity index is 0.00000461. The van der Waals surface area contributed by atoms with Gasteiger partial charge in [-0.15, -0.1) is 12.4 Å². The average Bonchev–Trinajstić information content (AvgIpc) is 3.04. The Kier molecular flexibility index (Phi) is 11.0. The van der Waals surface area contributed by atoms with Gasteiger partial charge >= 0.3 is 0 Å². The van der Waals surface area contributed by atoms with Crippen LogP contribution in [0, 0.1) is 11.3 Å². The van der Waals surface area contributed by atoms with Crippen molar-refractivity contribution >= 4 is 48.4 Å². The number of nitriles is 1. The minimum absolute atomic E-state index is 0. The number of carbonyl (C=O) groups excluding carboxylic acids is 2. The lowest BCUT2D eigenvalue weighted by Gasteiger charge is -2.34. The predicted molar refractivity (Wildman–Crippen MR) is 177 cm³/mol. The Morgan fingerprint density at radius 3 is 2.33 bits per heavy atom. The number of nitrogens with two attached hydrogens (primary N) is 1. The largest absolute Gasteiger partial charge is 0.497 e. The molecule has 1 atom stereocenters. The summed E-state index contributed by atoms with van der Waals surface area (Å²) in [4.78, 5) is 42.3. The smallest absolute Gasteiger partial charge is 0.253 e. The number of piperazine rings is 1. The summed E-state index contributed by atoms with van der Waals surface area (Å²) in [6.07, 6.45) is 0. The first-order chi connectivity index (χ1) is 21.2. The summed E-state index contributed by atoms with van der Waals surface area (Å²) in [6.45, 7) is 4.72. The Bertz CT molecular complexity index is 1710. The average molecular weight is 645 g/mol. The van der Waals surface area contributed by atoms with Crippen LogP contribution in [0.15, 0.2) is 66.7 Å². The maximum atomic E-state index is 12.9. The molecule has 2 aromatic carbocycles. The molecular weight excluding hydrogens is 612 g/mol. The summed E-state index contributed by atoms with van der Waals surface area (Å²) < 4.78 is 5.19. The van der Waals surface area contributed by atoms with Crippen molar-refractivity contribution < 1.29 is 14.3 Å². The van der Waals surface area contributed by atoms with Gasteiger partial charge in [-0.25, -0.2) is 9.97 Å². The van der Waals surface area contributed by atoms with E-state index in [1.807, 2.05) is 23.1 Å². The van der Waals surface area contributed by atoms with E-state index in [2.05, 4.69) is 26.3 Å². The highest BCUT2D eigenvalue weighted by atomic mass is 35.5. The van der Waals surface area contributed by atoms with Crippen LogP contribution in [0.5, 0.6) is 5.75 Å². The van der Waals surface area contributed by atoms with Gasteiger partial charge in [0, 0.05) is 56.5 Å². The molecule has 0 saturated carbocycles. The molecule has 13 heteroatoms. The van der Waals surface area contributed by atoms with E-state index in [1.165, 1.54) is 6.92 Å². The van der Waals surface area contributed by atoms with Crippen LogP contribution in [0.4, 0.5) is 11.5 Å². The van der Waals surface area contributed by atoms with Crippen LogP contribution < -0.4 is 15.8 Å². The summed E-state index contributed by atoms with van der Waals surface area (Å²) in [6, 6.07) is 22.0. The standard InChI is InChI=1S/C32H32N8O3S.ClH/c1-20(41)35-23-10-6-21(7-11-23)28-26(18-33)30(34)38-31(37-28)29(44)27-5-3-4-24(36-27)19-39-14-16-40(17-15-39)32(42)22-8-12-25(43-2)13-9-22;/h3-13,29,44H,14-17,19H2,1-2H3,(H,35,41)(H2,34,37,38);1H. The number of carbonyl (C=O) groups is 2. The van der Waals surface area contributed by atoms with E-state index >= 15 is 0 Å². The lowest BCUT2D eigenvalue weighted by atomic mass is 10.1. The molecule has 2 amide bonds. The van der Waals surface area contributed by atoms with Crippen LogP contribution in [0.1, 0.15) is 45.3 Å². The van der Waals surface area contributed by atoms with E-state index in [4.69, 9.17) is 28.1 Å². The second-order valence-electron chi connectivity index (χ2n) is 10.3. The van der Waals surface area contributed by atoms with Crippen LogP contribution in [0.25, 0.3) is 11.3 Å². The lowest BCUT2D eigenvalue weighted by Crippen LogP contribution is -2.48. The normalized spacial score (nSPS) is 13.7. The minimum Gasteiger partial charge on any atom is -0.497 e. The number of nitrogens with one attached hydrogen (secondary N) is 1. The highest BCUT2D eigenvalue weighted by Gasteiger charge is 2.24. The first-order valence-electron chi connectivity index (χ1n) is 14.0. The number of thiol groups is 1. The highest BCUT2D eigenvalue weighted by molar-refractivity contribution is 7.80. The molecule has 0 bridgehead atoms. The number of nitrogens with zero attached hydrogens (tertiary/aromatic N) is 6. The number of pyridine rings is 1. The number of aromatic nitrogens is 3. The molecule has 1 fully saturated rings. The maximum absolute atomic E-state index is 12.9. The summed E-state index contributed by atoms with van der Waals surface area (Å²) in [5.41, 5.74) is 10.2. The van der Waals surface area contributed by atoms with E-state index in [0.717, 1.165) is 18.8 Å². The summed E-state index contributed by atoms with van der Waals surface area (Å²) in [5, 5.41) is 11.9. The Morgan fingerprint density at radius 1 is 1.02 bits per heavy atom. The van der Waals surface area contributed by atoms with Gasteiger partial charge < -0.3 is 20.7 Å². The monoisotopic (exact) mass is 644 g/mol. The zero-order chi connectivity index (χ0) is 31.2. The van der Waals surface area contributed by atoms with Crippen molar-refractivity contribution in [1.29, 1.82) is 5.26 Å². The van der Waals surface area contributed by atoms with Crippen molar-refractivity contribution in [2.45, 2.75) is 18.7 Å². The molecule has 5 rings (SSSR count). The molecule has 0 radical (unpaired) electrons. The zero-order valence-electron chi connectivity index (χ0n) is 24.8. The first kappa shape index (κ1) is 33.2. The summed E-state index contributed by atoms with van der Waals surface area (Å²) in [5.74, 6) is 0.916. The second-order valence-corrected chi connectivity index (χ2v) is 10.8. The fraction of sp³-hybridized carbons (Fsp3) is 0.250. The fourth-order valence-electron chi connectivity index (χ4n) is 4.98. The van der Waals surface area contributed by atoms with Crippen LogP contribution in [-0.2, 0) is 11.3 Å². The number of nitrogen functional groups attached to an aromatic ring is 1. The molecule has 4 aromatic rings. The van der Waals surface area contributed by atoms with Gasteiger partial charge in [-0.1, -0.05) is 18.2 Å². The zero-order valence-corrected chi connectivity index (χ0v) is 26.5. The van der Waals surface area contributed by atoms with Crippen LogP contribution >= 0.6 is 25.0 Å². The molecule has 3 heterocycles.